The second-order valence-electron chi connectivity index (χ2n) is 7.20. The van der Waals surface area contributed by atoms with Gasteiger partial charge >= 0.3 is 0 Å². The molecule has 1 aromatic heterocycles. The van der Waals surface area contributed by atoms with Crippen LogP contribution >= 0.6 is 0 Å². The van der Waals surface area contributed by atoms with Crippen molar-refractivity contribution in [3.8, 4) is 17.2 Å². The Morgan fingerprint density at radius 1 is 1.00 bits per heavy atom. The predicted octanol–water partition coefficient (Wildman–Crippen LogP) is 3.21. The molecule has 32 heavy (non-hydrogen) atoms. The zero-order chi connectivity index (χ0) is 22.1. The number of nitrogens with zero attached hydrogens (tertiary/aromatic N) is 2. The van der Waals surface area contributed by atoms with Gasteiger partial charge in [-0.1, -0.05) is 18.2 Å². The normalized spacial score (nSPS) is 14.8. The van der Waals surface area contributed by atoms with Crippen LogP contribution in [0.25, 0.3) is 5.57 Å². The van der Waals surface area contributed by atoms with Gasteiger partial charge in [0.2, 0.25) is 6.79 Å². The van der Waals surface area contributed by atoms with E-state index >= 15 is 0 Å². The molecule has 2 aromatic carbocycles. The number of anilines is 1. The van der Waals surface area contributed by atoms with Gasteiger partial charge in [-0.05, 0) is 35.9 Å². The third-order valence-corrected chi connectivity index (χ3v) is 5.28. The summed E-state index contributed by atoms with van der Waals surface area (Å²) in [7, 11) is 1.53. The van der Waals surface area contributed by atoms with Crippen LogP contribution in [-0.2, 0) is 16.1 Å². The molecule has 1 N–H and O–H groups in total. The lowest BCUT2D eigenvalue weighted by Crippen LogP contribution is -2.32. The number of amides is 2. The maximum absolute atomic E-state index is 13.5. The van der Waals surface area contributed by atoms with Gasteiger partial charge in [-0.3, -0.25) is 19.5 Å². The first kappa shape index (κ1) is 19.6. The summed E-state index contributed by atoms with van der Waals surface area (Å²) in [5, 5.41) is 3.13. The number of carbonyl (C=O) groups is 2. The molecule has 2 aliphatic rings. The highest BCUT2D eigenvalue weighted by atomic mass is 16.7. The van der Waals surface area contributed by atoms with Gasteiger partial charge in [0.1, 0.15) is 11.4 Å². The molecule has 0 saturated heterocycles. The fourth-order valence-electron chi connectivity index (χ4n) is 3.73. The van der Waals surface area contributed by atoms with E-state index in [-0.39, 0.29) is 24.6 Å². The standard InChI is InChI=1S/C24H19N3O5/c1-30-18-5-3-2-4-17(18)21-22(26-16-6-7-19-20(12-16)32-14-31-19)24(29)27(23(21)28)13-15-8-10-25-11-9-15/h2-12,26H,13-14H2,1H3. The molecule has 0 saturated carbocycles. The van der Waals surface area contributed by atoms with Crippen LogP contribution in [0.4, 0.5) is 5.69 Å². The van der Waals surface area contributed by atoms with Gasteiger partial charge in [0.25, 0.3) is 11.8 Å². The Balaban J connectivity index is 1.57. The SMILES string of the molecule is COc1ccccc1C1=C(Nc2ccc3c(c2)OCO3)C(=O)N(Cc2ccncc2)C1=O. The molecule has 3 aromatic rings. The molecule has 0 aliphatic carbocycles. The van der Waals surface area contributed by atoms with E-state index in [1.54, 1.807) is 60.9 Å². The highest BCUT2D eigenvalue weighted by molar-refractivity contribution is 6.36. The smallest absolute Gasteiger partial charge is 0.278 e. The number of imide groups is 1. The van der Waals surface area contributed by atoms with Gasteiger partial charge in [-0.15, -0.1) is 0 Å². The first-order valence-corrected chi connectivity index (χ1v) is 9.95. The zero-order valence-corrected chi connectivity index (χ0v) is 17.2. The van der Waals surface area contributed by atoms with Crippen molar-refractivity contribution in [2.24, 2.45) is 0 Å². The Morgan fingerprint density at radius 2 is 1.78 bits per heavy atom. The summed E-state index contributed by atoms with van der Waals surface area (Å²) in [6.07, 6.45) is 3.25. The van der Waals surface area contributed by atoms with E-state index in [4.69, 9.17) is 14.2 Å². The van der Waals surface area contributed by atoms with Crippen LogP contribution in [0.1, 0.15) is 11.1 Å². The van der Waals surface area contributed by atoms with Crippen LogP contribution < -0.4 is 19.5 Å². The fraction of sp³-hybridized carbons (Fsp3) is 0.125. The van der Waals surface area contributed by atoms with E-state index in [1.165, 1.54) is 12.0 Å². The summed E-state index contributed by atoms with van der Waals surface area (Å²) in [5.41, 5.74) is 2.36. The van der Waals surface area contributed by atoms with Gasteiger partial charge in [0.15, 0.2) is 11.5 Å². The average molecular weight is 429 g/mol. The number of fused-ring (bicyclic) bond motifs is 1. The number of rotatable bonds is 6. The fourth-order valence-corrected chi connectivity index (χ4v) is 3.73. The van der Waals surface area contributed by atoms with Gasteiger partial charge in [-0.2, -0.15) is 0 Å². The molecule has 2 aliphatic heterocycles. The van der Waals surface area contributed by atoms with Crippen LogP contribution in [0.15, 0.2) is 72.7 Å². The number of benzene rings is 2. The van der Waals surface area contributed by atoms with Crippen molar-refractivity contribution in [2.75, 3.05) is 19.2 Å². The molecule has 3 heterocycles. The Kier molecular flexibility index (Phi) is 4.95. The van der Waals surface area contributed by atoms with Crippen LogP contribution in [-0.4, -0.2) is 35.6 Å². The van der Waals surface area contributed by atoms with Crippen LogP contribution in [0, 0.1) is 0 Å². The van der Waals surface area contributed by atoms with Gasteiger partial charge < -0.3 is 19.5 Å². The summed E-state index contributed by atoms with van der Waals surface area (Å²) in [6.45, 7) is 0.274. The highest BCUT2D eigenvalue weighted by Gasteiger charge is 2.40. The van der Waals surface area contributed by atoms with Crippen LogP contribution in [0.5, 0.6) is 17.2 Å². The summed E-state index contributed by atoms with van der Waals surface area (Å²) in [6, 6.07) is 15.9. The molecule has 0 radical (unpaired) electrons. The number of carbonyl (C=O) groups excluding carboxylic acids is 2. The molecular formula is C24H19N3O5. The number of ether oxygens (including phenoxy) is 3. The summed E-state index contributed by atoms with van der Waals surface area (Å²) in [4.78, 5) is 32.1. The molecule has 160 valence electrons. The molecule has 8 heteroatoms. The van der Waals surface area contributed by atoms with Crippen molar-refractivity contribution in [1.29, 1.82) is 0 Å². The molecule has 0 spiro atoms. The van der Waals surface area contributed by atoms with Gasteiger partial charge in [0, 0.05) is 29.7 Å². The van der Waals surface area contributed by atoms with Crippen molar-refractivity contribution in [3.63, 3.8) is 0 Å². The Bertz CT molecular complexity index is 1240. The molecule has 0 fully saturated rings. The third-order valence-electron chi connectivity index (χ3n) is 5.28. The van der Waals surface area contributed by atoms with E-state index in [0.717, 1.165) is 5.56 Å². The third kappa shape index (κ3) is 3.41. The number of hydrogen-bond acceptors (Lipinski definition) is 7. The molecule has 8 nitrogen and oxygen atoms in total. The number of para-hydroxylation sites is 1. The average Bonchev–Trinajstić information content (AvgIpc) is 3.38. The van der Waals surface area contributed by atoms with E-state index < -0.39 is 11.8 Å². The maximum Gasteiger partial charge on any atom is 0.278 e. The largest absolute Gasteiger partial charge is 0.496 e. The topological polar surface area (TPSA) is 90.0 Å². The van der Waals surface area contributed by atoms with E-state index in [1.807, 2.05) is 6.07 Å². The molecule has 5 rings (SSSR count). The lowest BCUT2D eigenvalue weighted by atomic mass is 10.0. The van der Waals surface area contributed by atoms with Crippen molar-refractivity contribution >= 4 is 23.1 Å². The number of aromatic nitrogens is 1. The summed E-state index contributed by atoms with van der Waals surface area (Å²) in [5.74, 6) is 0.867. The number of hydrogen-bond donors (Lipinski definition) is 1. The quantitative estimate of drug-likeness (QED) is 0.602. The lowest BCUT2D eigenvalue weighted by Gasteiger charge is -2.15. The summed E-state index contributed by atoms with van der Waals surface area (Å²) < 4.78 is 16.3. The Morgan fingerprint density at radius 3 is 2.59 bits per heavy atom. The number of methoxy groups -OCH3 is 1. The van der Waals surface area contributed by atoms with E-state index in [0.29, 0.717) is 28.5 Å². The molecule has 2 amide bonds. The zero-order valence-electron chi connectivity index (χ0n) is 17.2. The predicted molar refractivity (Wildman–Crippen MR) is 116 cm³/mol. The van der Waals surface area contributed by atoms with Gasteiger partial charge in [-0.25, -0.2) is 0 Å². The maximum atomic E-state index is 13.5. The minimum atomic E-state index is -0.426. The molecule has 0 bridgehead atoms. The highest BCUT2D eigenvalue weighted by Crippen LogP contribution is 2.38. The minimum Gasteiger partial charge on any atom is -0.496 e. The second kappa shape index (κ2) is 8.07. The number of pyridine rings is 1. The number of nitrogens with one attached hydrogen (secondary N) is 1. The van der Waals surface area contributed by atoms with Crippen molar-refractivity contribution < 1.29 is 23.8 Å². The Labute approximate surface area is 184 Å². The van der Waals surface area contributed by atoms with E-state index in [9.17, 15) is 9.59 Å². The first-order chi connectivity index (χ1) is 15.7. The van der Waals surface area contributed by atoms with Crippen molar-refractivity contribution in [3.05, 3.63) is 83.8 Å². The molecule has 0 atom stereocenters. The van der Waals surface area contributed by atoms with Crippen molar-refractivity contribution in [2.45, 2.75) is 6.54 Å². The minimum absolute atomic E-state index is 0.130. The first-order valence-electron chi connectivity index (χ1n) is 9.95. The van der Waals surface area contributed by atoms with E-state index in [2.05, 4.69) is 10.3 Å². The second-order valence-corrected chi connectivity index (χ2v) is 7.20. The summed E-state index contributed by atoms with van der Waals surface area (Å²) >= 11 is 0. The molecule has 0 unspecified atom stereocenters. The van der Waals surface area contributed by atoms with Crippen LogP contribution in [0.2, 0.25) is 0 Å². The lowest BCUT2D eigenvalue weighted by molar-refractivity contribution is -0.137. The monoisotopic (exact) mass is 429 g/mol. The van der Waals surface area contributed by atoms with Crippen LogP contribution in [0.3, 0.4) is 0 Å². The molecular weight excluding hydrogens is 410 g/mol. The van der Waals surface area contributed by atoms with Gasteiger partial charge in [0.05, 0.1) is 19.2 Å². The van der Waals surface area contributed by atoms with Crippen molar-refractivity contribution in [1.82, 2.24) is 9.88 Å². The Hall–Kier alpha value is -4.33.